The van der Waals surface area contributed by atoms with Crippen LogP contribution in [0.5, 0.6) is 0 Å². The van der Waals surface area contributed by atoms with Crippen LogP contribution in [0.2, 0.25) is 0 Å². The molecule has 0 spiro atoms. The van der Waals surface area contributed by atoms with Crippen molar-refractivity contribution in [2.24, 2.45) is 5.92 Å². The van der Waals surface area contributed by atoms with Gasteiger partial charge < -0.3 is 15.5 Å². The summed E-state index contributed by atoms with van der Waals surface area (Å²) in [5, 5.41) is 6.00. The molecular weight excluding hydrogens is 338 g/mol. The number of fused-ring (bicyclic) bond motifs is 1. The first-order chi connectivity index (χ1) is 13.2. The summed E-state index contributed by atoms with van der Waals surface area (Å²) in [5.41, 5.74) is 3.99. The van der Waals surface area contributed by atoms with Crippen LogP contribution in [-0.2, 0) is 16.0 Å². The van der Waals surface area contributed by atoms with Crippen LogP contribution in [0.15, 0.2) is 48.5 Å². The van der Waals surface area contributed by atoms with Crippen molar-refractivity contribution in [2.75, 3.05) is 28.6 Å². The largest absolute Gasteiger partial charge is 0.370 e. The topological polar surface area (TPSA) is 61.4 Å². The predicted octanol–water partition coefficient (Wildman–Crippen LogP) is 3.82. The molecule has 2 aliphatic heterocycles. The quantitative estimate of drug-likeness (QED) is 0.849. The van der Waals surface area contributed by atoms with Crippen molar-refractivity contribution in [1.29, 1.82) is 0 Å². The third kappa shape index (κ3) is 3.97. The van der Waals surface area contributed by atoms with Crippen molar-refractivity contribution in [2.45, 2.75) is 32.1 Å². The number of anilines is 3. The Kier molecular flexibility index (Phi) is 5.10. The van der Waals surface area contributed by atoms with Gasteiger partial charge in [0, 0.05) is 31.1 Å². The molecule has 0 radical (unpaired) electrons. The second-order valence-corrected chi connectivity index (χ2v) is 7.35. The maximum atomic E-state index is 12.5. The molecule has 2 aromatic carbocycles. The van der Waals surface area contributed by atoms with Gasteiger partial charge in [0.05, 0.1) is 11.4 Å². The summed E-state index contributed by atoms with van der Waals surface area (Å²) < 4.78 is 0. The van der Waals surface area contributed by atoms with Gasteiger partial charge in [0.15, 0.2) is 0 Å². The molecule has 0 aromatic heterocycles. The molecule has 2 heterocycles. The van der Waals surface area contributed by atoms with Gasteiger partial charge in [-0.2, -0.15) is 0 Å². The zero-order chi connectivity index (χ0) is 18.6. The zero-order valence-corrected chi connectivity index (χ0v) is 15.4. The van der Waals surface area contributed by atoms with Crippen LogP contribution in [0.3, 0.4) is 0 Å². The fraction of sp³-hybridized carbons (Fsp3) is 0.364. The minimum Gasteiger partial charge on any atom is -0.370 e. The standard InChI is InChI=1S/C22H25N3O2/c26-21(23-19-9-3-4-10-20(19)25-13-5-6-14-25)12-11-17-15-16-7-1-2-8-18(16)24-22(17)27/h1-4,7-10,17H,5-6,11-15H2,(H,23,26)(H,24,27). The van der Waals surface area contributed by atoms with Gasteiger partial charge in [-0.05, 0) is 49.4 Å². The van der Waals surface area contributed by atoms with Crippen LogP contribution in [0.25, 0.3) is 0 Å². The number of nitrogens with zero attached hydrogens (tertiary/aromatic N) is 1. The van der Waals surface area contributed by atoms with Crippen molar-refractivity contribution < 1.29 is 9.59 Å². The van der Waals surface area contributed by atoms with Crippen molar-refractivity contribution in [3.05, 3.63) is 54.1 Å². The molecule has 0 aliphatic carbocycles. The molecule has 2 aliphatic rings. The van der Waals surface area contributed by atoms with Gasteiger partial charge in [-0.25, -0.2) is 0 Å². The van der Waals surface area contributed by atoms with Crippen LogP contribution in [0, 0.1) is 5.92 Å². The molecule has 2 amide bonds. The number of benzene rings is 2. The second kappa shape index (κ2) is 7.82. The summed E-state index contributed by atoms with van der Waals surface area (Å²) in [6.07, 6.45) is 3.98. The highest BCUT2D eigenvalue weighted by atomic mass is 16.2. The Bertz CT molecular complexity index is 843. The molecule has 5 heteroatoms. The zero-order valence-electron chi connectivity index (χ0n) is 15.4. The van der Waals surface area contributed by atoms with Crippen molar-refractivity contribution in [1.82, 2.24) is 0 Å². The Labute approximate surface area is 159 Å². The molecule has 140 valence electrons. The van der Waals surface area contributed by atoms with Crippen molar-refractivity contribution in [3.63, 3.8) is 0 Å². The average Bonchev–Trinajstić information content (AvgIpc) is 3.21. The lowest BCUT2D eigenvalue weighted by molar-refractivity contribution is -0.121. The number of amides is 2. The monoisotopic (exact) mass is 363 g/mol. The minimum atomic E-state index is -0.153. The van der Waals surface area contributed by atoms with Gasteiger partial charge in [-0.3, -0.25) is 9.59 Å². The third-order valence-corrected chi connectivity index (χ3v) is 5.46. The summed E-state index contributed by atoms with van der Waals surface area (Å²) in [6.45, 7) is 2.07. The SMILES string of the molecule is O=C(CCC1Cc2ccccc2NC1=O)Nc1ccccc1N1CCCC1. The highest BCUT2D eigenvalue weighted by Gasteiger charge is 2.26. The van der Waals surface area contributed by atoms with Gasteiger partial charge in [-0.15, -0.1) is 0 Å². The van der Waals surface area contributed by atoms with Gasteiger partial charge >= 0.3 is 0 Å². The van der Waals surface area contributed by atoms with Crippen molar-refractivity contribution in [3.8, 4) is 0 Å². The molecule has 1 fully saturated rings. The molecular formula is C22H25N3O2. The lowest BCUT2D eigenvalue weighted by atomic mass is 9.89. The maximum absolute atomic E-state index is 12.5. The number of carbonyl (C=O) groups is 2. The average molecular weight is 363 g/mol. The highest BCUT2D eigenvalue weighted by molar-refractivity contribution is 5.97. The van der Waals surface area contributed by atoms with E-state index in [-0.39, 0.29) is 17.7 Å². The fourth-order valence-corrected chi connectivity index (χ4v) is 3.98. The molecule has 5 nitrogen and oxygen atoms in total. The summed E-state index contributed by atoms with van der Waals surface area (Å²) in [7, 11) is 0. The Morgan fingerprint density at radius 1 is 1.07 bits per heavy atom. The lowest BCUT2D eigenvalue weighted by Crippen LogP contribution is -2.30. The first-order valence-corrected chi connectivity index (χ1v) is 9.73. The molecule has 4 rings (SSSR count). The van der Waals surface area contributed by atoms with E-state index in [1.54, 1.807) is 0 Å². The number of nitrogens with one attached hydrogen (secondary N) is 2. The minimum absolute atomic E-state index is 0.0129. The number of hydrogen-bond donors (Lipinski definition) is 2. The molecule has 0 saturated carbocycles. The van der Waals surface area contributed by atoms with Gasteiger partial charge in [0.1, 0.15) is 0 Å². The highest BCUT2D eigenvalue weighted by Crippen LogP contribution is 2.30. The normalized spacial score (nSPS) is 18.7. The Morgan fingerprint density at radius 3 is 2.67 bits per heavy atom. The van der Waals surface area contributed by atoms with E-state index in [0.29, 0.717) is 19.3 Å². The lowest BCUT2D eigenvalue weighted by Gasteiger charge is -2.24. The smallest absolute Gasteiger partial charge is 0.227 e. The van der Waals surface area contributed by atoms with Gasteiger partial charge in [-0.1, -0.05) is 30.3 Å². The van der Waals surface area contributed by atoms with E-state index in [9.17, 15) is 9.59 Å². The molecule has 27 heavy (non-hydrogen) atoms. The van der Waals surface area contributed by atoms with Gasteiger partial charge in [0.2, 0.25) is 11.8 Å². The van der Waals surface area contributed by atoms with E-state index in [0.717, 1.165) is 35.7 Å². The first kappa shape index (κ1) is 17.6. The Balaban J connectivity index is 1.36. The van der Waals surface area contributed by atoms with Crippen LogP contribution in [0.1, 0.15) is 31.2 Å². The number of carbonyl (C=O) groups excluding carboxylic acids is 2. The summed E-state index contributed by atoms with van der Waals surface area (Å²) in [6, 6.07) is 15.8. The van der Waals surface area contributed by atoms with Crippen molar-refractivity contribution >= 4 is 28.9 Å². The van der Waals surface area contributed by atoms with E-state index < -0.39 is 0 Å². The van der Waals surface area contributed by atoms with Crippen LogP contribution >= 0.6 is 0 Å². The second-order valence-electron chi connectivity index (χ2n) is 7.35. The maximum Gasteiger partial charge on any atom is 0.227 e. The molecule has 2 N–H and O–H groups in total. The summed E-state index contributed by atoms with van der Waals surface area (Å²) in [5.74, 6) is -0.174. The summed E-state index contributed by atoms with van der Waals surface area (Å²) >= 11 is 0. The number of hydrogen-bond acceptors (Lipinski definition) is 3. The molecule has 0 bridgehead atoms. The van der Waals surface area contributed by atoms with E-state index in [1.165, 1.54) is 12.8 Å². The Morgan fingerprint density at radius 2 is 1.81 bits per heavy atom. The van der Waals surface area contributed by atoms with Gasteiger partial charge in [0.25, 0.3) is 0 Å². The molecule has 1 saturated heterocycles. The van der Waals surface area contributed by atoms with Crippen LogP contribution < -0.4 is 15.5 Å². The fourth-order valence-electron chi connectivity index (χ4n) is 3.98. The predicted molar refractivity (Wildman–Crippen MR) is 108 cm³/mol. The van der Waals surface area contributed by atoms with Crippen LogP contribution in [0.4, 0.5) is 17.1 Å². The first-order valence-electron chi connectivity index (χ1n) is 9.73. The molecule has 1 atom stereocenters. The van der Waals surface area contributed by atoms with E-state index >= 15 is 0 Å². The third-order valence-electron chi connectivity index (χ3n) is 5.46. The van der Waals surface area contributed by atoms with E-state index in [4.69, 9.17) is 0 Å². The molecule has 2 aromatic rings. The number of rotatable bonds is 5. The van der Waals surface area contributed by atoms with E-state index in [2.05, 4.69) is 21.6 Å². The van der Waals surface area contributed by atoms with Crippen LogP contribution in [-0.4, -0.2) is 24.9 Å². The number of para-hydroxylation sites is 3. The summed E-state index contributed by atoms with van der Waals surface area (Å²) in [4.78, 5) is 27.1. The Hall–Kier alpha value is -2.82. The van der Waals surface area contributed by atoms with E-state index in [1.807, 2.05) is 42.5 Å². The molecule has 1 unspecified atom stereocenters.